The molecule has 2 bridgehead atoms. The highest BCUT2D eigenvalue weighted by molar-refractivity contribution is 5.83. The van der Waals surface area contributed by atoms with Crippen molar-refractivity contribution >= 4 is 12.1 Å². The maximum Gasteiger partial charge on any atom is 0.153 e. The summed E-state index contributed by atoms with van der Waals surface area (Å²) in [4.78, 5) is 17.4. The third kappa shape index (κ3) is 1.33. The molecule has 78 valence electrons. The van der Waals surface area contributed by atoms with E-state index in [4.69, 9.17) is 4.74 Å². The molecule has 4 nitrogen and oxygen atoms in total. The third-order valence-electron chi connectivity index (χ3n) is 3.12. The number of fused-ring (bicyclic) bond motifs is 2. The molecule has 0 radical (unpaired) electrons. The summed E-state index contributed by atoms with van der Waals surface area (Å²) in [5.41, 5.74) is 0.671. The minimum absolute atomic E-state index is 0.330. The number of hydrogen-bond donors (Lipinski definition) is 0. The quantitative estimate of drug-likeness (QED) is 0.670. The molecule has 2 fully saturated rings. The van der Waals surface area contributed by atoms with Crippen LogP contribution in [-0.2, 0) is 4.74 Å². The summed E-state index contributed by atoms with van der Waals surface area (Å²) in [6.45, 7) is 1.63. The first kappa shape index (κ1) is 8.85. The van der Waals surface area contributed by atoms with Crippen LogP contribution in [0.1, 0.15) is 16.8 Å². The van der Waals surface area contributed by atoms with Gasteiger partial charge in [-0.1, -0.05) is 0 Å². The first-order chi connectivity index (χ1) is 7.38. The van der Waals surface area contributed by atoms with E-state index < -0.39 is 0 Å². The Hall–Kier alpha value is -1.42. The van der Waals surface area contributed by atoms with Crippen LogP contribution in [0.3, 0.4) is 0 Å². The van der Waals surface area contributed by atoms with Gasteiger partial charge >= 0.3 is 0 Å². The van der Waals surface area contributed by atoms with Gasteiger partial charge in [-0.15, -0.1) is 0 Å². The lowest BCUT2D eigenvalue weighted by Gasteiger charge is -2.28. The van der Waals surface area contributed by atoms with E-state index in [0.29, 0.717) is 17.7 Å². The van der Waals surface area contributed by atoms with E-state index in [1.54, 1.807) is 12.3 Å². The topological polar surface area (TPSA) is 42.4 Å². The Kier molecular flexibility index (Phi) is 1.95. The molecule has 0 unspecified atom stereocenters. The van der Waals surface area contributed by atoms with E-state index >= 15 is 0 Å². The third-order valence-corrected chi connectivity index (χ3v) is 3.12. The van der Waals surface area contributed by atoms with Crippen molar-refractivity contribution in [3.63, 3.8) is 0 Å². The van der Waals surface area contributed by atoms with Crippen molar-refractivity contribution in [1.29, 1.82) is 0 Å². The summed E-state index contributed by atoms with van der Waals surface area (Å²) in [6.07, 6.45) is 4.00. The van der Waals surface area contributed by atoms with Gasteiger partial charge in [0.05, 0.1) is 24.3 Å². The van der Waals surface area contributed by atoms with Gasteiger partial charge in [0.2, 0.25) is 0 Å². The van der Waals surface area contributed by atoms with Crippen molar-refractivity contribution in [2.45, 2.75) is 18.6 Å². The Labute approximate surface area is 87.9 Å². The number of pyridine rings is 1. The fourth-order valence-corrected chi connectivity index (χ4v) is 2.40. The molecule has 4 heteroatoms. The summed E-state index contributed by atoms with van der Waals surface area (Å²) in [7, 11) is 0. The van der Waals surface area contributed by atoms with E-state index in [9.17, 15) is 4.79 Å². The van der Waals surface area contributed by atoms with Gasteiger partial charge < -0.3 is 9.64 Å². The lowest BCUT2D eigenvalue weighted by Crippen LogP contribution is -2.38. The van der Waals surface area contributed by atoms with Gasteiger partial charge in [0, 0.05) is 12.7 Å². The molecule has 2 aliphatic rings. The highest BCUT2D eigenvalue weighted by Gasteiger charge is 2.40. The van der Waals surface area contributed by atoms with Crippen LogP contribution in [0.4, 0.5) is 5.82 Å². The Morgan fingerprint density at radius 3 is 3.20 bits per heavy atom. The Balaban J connectivity index is 1.96. The van der Waals surface area contributed by atoms with Crippen molar-refractivity contribution in [3.05, 3.63) is 23.9 Å². The molecule has 15 heavy (non-hydrogen) atoms. The molecule has 3 heterocycles. The molecule has 0 amide bonds. The van der Waals surface area contributed by atoms with E-state index in [-0.39, 0.29) is 0 Å². The first-order valence-corrected chi connectivity index (χ1v) is 5.17. The van der Waals surface area contributed by atoms with E-state index in [1.165, 1.54) is 0 Å². The molecule has 0 spiro atoms. The Morgan fingerprint density at radius 1 is 1.60 bits per heavy atom. The zero-order valence-corrected chi connectivity index (χ0v) is 8.30. The molecule has 0 aromatic carbocycles. The minimum Gasteiger partial charge on any atom is -0.374 e. The van der Waals surface area contributed by atoms with E-state index in [2.05, 4.69) is 9.88 Å². The van der Waals surface area contributed by atoms with Gasteiger partial charge in [-0.05, 0) is 18.6 Å². The second-order valence-electron chi connectivity index (χ2n) is 4.03. The summed E-state index contributed by atoms with van der Waals surface area (Å²) < 4.78 is 5.52. The summed E-state index contributed by atoms with van der Waals surface area (Å²) >= 11 is 0. The molecule has 3 rings (SSSR count). The molecular formula is C11H12N2O2. The highest BCUT2D eigenvalue weighted by atomic mass is 16.5. The van der Waals surface area contributed by atoms with E-state index in [1.807, 2.05) is 6.07 Å². The molecule has 2 atom stereocenters. The molecule has 2 aliphatic heterocycles. The van der Waals surface area contributed by atoms with Crippen molar-refractivity contribution in [1.82, 2.24) is 4.98 Å². The molecule has 2 saturated heterocycles. The highest BCUT2D eigenvalue weighted by Crippen LogP contribution is 2.32. The second kappa shape index (κ2) is 3.31. The maximum atomic E-state index is 10.9. The lowest BCUT2D eigenvalue weighted by atomic mass is 10.2. The molecule has 0 saturated carbocycles. The van der Waals surface area contributed by atoms with Crippen LogP contribution in [0.5, 0.6) is 0 Å². The number of carbonyl (C=O) groups is 1. The normalized spacial score (nSPS) is 28.4. The Bertz CT molecular complexity index is 394. The van der Waals surface area contributed by atoms with Crippen LogP contribution in [0.15, 0.2) is 18.3 Å². The second-order valence-corrected chi connectivity index (χ2v) is 4.03. The molecule has 0 aliphatic carbocycles. The average molecular weight is 204 g/mol. The van der Waals surface area contributed by atoms with Crippen molar-refractivity contribution in [3.8, 4) is 0 Å². The molecular weight excluding hydrogens is 192 g/mol. The zero-order valence-electron chi connectivity index (χ0n) is 8.30. The lowest BCUT2D eigenvalue weighted by molar-refractivity contribution is 0.0986. The smallest absolute Gasteiger partial charge is 0.153 e. The number of aldehydes is 1. The number of anilines is 1. The van der Waals surface area contributed by atoms with Gasteiger partial charge in [0.25, 0.3) is 0 Å². The number of nitrogens with zero attached hydrogens (tertiary/aromatic N) is 2. The van der Waals surface area contributed by atoms with E-state index in [0.717, 1.165) is 31.7 Å². The monoisotopic (exact) mass is 204 g/mol. The van der Waals surface area contributed by atoms with Crippen molar-refractivity contribution in [2.24, 2.45) is 0 Å². The Morgan fingerprint density at radius 2 is 2.53 bits per heavy atom. The van der Waals surface area contributed by atoms with Crippen molar-refractivity contribution < 1.29 is 9.53 Å². The van der Waals surface area contributed by atoms with Crippen LogP contribution in [0.25, 0.3) is 0 Å². The maximum absolute atomic E-state index is 10.9. The summed E-state index contributed by atoms with van der Waals surface area (Å²) in [5, 5.41) is 0. The van der Waals surface area contributed by atoms with Gasteiger partial charge in [-0.25, -0.2) is 4.98 Å². The predicted octanol–water partition coefficient (Wildman–Crippen LogP) is 0.872. The van der Waals surface area contributed by atoms with Crippen LogP contribution >= 0.6 is 0 Å². The SMILES string of the molecule is O=Cc1cccnc1N1C[C@@H]2C[C@H]1CO2. The average Bonchev–Trinajstić information content (AvgIpc) is 2.90. The zero-order chi connectivity index (χ0) is 10.3. The van der Waals surface area contributed by atoms with Crippen LogP contribution in [-0.4, -0.2) is 36.6 Å². The molecule has 0 N–H and O–H groups in total. The fraction of sp³-hybridized carbons (Fsp3) is 0.455. The van der Waals surface area contributed by atoms with Gasteiger partial charge in [-0.2, -0.15) is 0 Å². The van der Waals surface area contributed by atoms with Crippen LogP contribution in [0.2, 0.25) is 0 Å². The first-order valence-electron chi connectivity index (χ1n) is 5.17. The summed E-state index contributed by atoms with van der Waals surface area (Å²) in [6, 6.07) is 4.00. The number of hydrogen-bond acceptors (Lipinski definition) is 4. The van der Waals surface area contributed by atoms with Crippen molar-refractivity contribution in [2.75, 3.05) is 18.1 Å². The number of ether oxygens (including phenoxy) is 1. The van der Waals surface area contributed by atoms with Gasteiger partial charge in [0.15, 0.2) is 6.29 Å². The van der Waals surface area contributed by atoms with Crippen LogP contribution < -0.4 is 4.90 Å². The molecule has 1 aromatic rings. The largest absolute Gasteiger partial charge is 0.374 e. The standard InChI is InChI=1S/C11H12N2O2/c14-6-8-2-1-3-12-11(8)13-5-10-4-9(13)7-15-10/h1-3,6,9-10H,4-5,7H2/t9-,10-/m0/s1. The van der Waals surface area contributed by atoms with Gasteiger partial charge in [0.1, 0.15) is 5.82 Å². The molecule has 1 aromatic heterocycles. The number of aromatic nitrogens is 1. The van der Waals surface area contributed by atoms with Crippen LogP contribution in [0, 0.1) is 0 Å². The minimum atomic E-state index is 0.330. The fourth-order valence-electron chi connectivity index (χ4n) is 2.40. The van der Waals surface area contributed by atoms with Gasteiger partial charge in [-0.3, -0.25) is 4.79 Å². The number of carbonyl (C=O) groups excluding carboxylic acids is 1. The number of morpholine rings is 1. The number of rotatable bonds is 2. The predicted molar refractivity (Wildman–Crippen MR) is 55.1 cm³/mol. The summed E-state index contributed by atoms with van der Waals surface area (Å²) in [5.74, 6) is 0.809.